The molecule has 0 spiro atoms. The minimum atomic E-state index is -4.07. The molecule has 1 aromatic rings. The molecule has 4 nitrogen and oxygen atoms in total. The second kappa shape index (κ2) is 4.39. The van der Waals surface area contributed by atoms with Gasteiger partial charge in [-0.3, -0.25) is 4.79 Å². The lowest BCUT2D eigenvalue weighted by Crippen LogP contribution is -2.23. The molecule has 16 heavy (non-hydrogen) atoms. The molecule has 1 amide bonds. The molecule has 0 N–H and O–H groups in total. The zero-order chi connectivity index (χ0) is 12.5. The summed E-state index contributed by atoms with van der Waals surface area (Å²) < 4.78 is 35.3. The normalized spacial score (nSPS) is 11.2. The third-order valence-corrected chi connectivity index (χ3v) is 3.22. The lowest BCUT2D eigenvalue weighted by atomic mass is 10.2. The van der Waals surface area contributed by atoms with Gasteiger partial charge in [-0.1, -0.05) is 0 Å². The molecule has 0 fully saturated rings. The lowest BCUT2D eigenvalue weighted by Gasteiger charge is -2.12. The minimum Gasteiger partial charge on any atom is -0.345 e. The Morgan fingerprint density at radius 1 is 1.38 bits per heavy atom. The molecular weight excluding hydrogens is 257 g/mol. The molecule has 0 unspecified atom stereocenters. The van der Waals surface area contributed by atoms with Gasteiger partial charge in [0.25, 0.3) is 15.0 Å². The number of hydrogen-bond acceptors (Lipinski definition) is 3. The van der Waals surface area contributed by atoms with Crippen LogP contribution in [0.1, 0.15) is 10.4 Å². The van der Waals surface area contributed by atoms with Gasteiger partial charge in [-0.15, -0.1) is 0 Å². The maximum atomic E-state index is 13.0. The first-order valence-electron chi connectivity index (χ1n) is 4.19. The van der Waals surface area contributed by atoms with Crippen molar-refractivity contribution in [2.45, 2.75) is 4.90 Å². The summed E-state index contributed by atoms with van der Waals surface area (Å²) in [6.45, 7) is 0. The van der Waals surface area contributed by atoms with Gasteiger partial charge in [-0.05, 0) is 18.2 Å². The fourth-order valence-electron chi connectivity index (χ4n) is 1.12. The fourth-order valence-corrected chi connectivity index (χ4v) is 2.17. The Morgan fingerprint density at radius 2 is 1.94 bits per heavy atom. The van der Waals surface area contributed by atoms with Gasteiger partial charge in [0.15, 0.2) is 0 Å². The highest BCUT2D eigenvalue weighted by Gasteiger charge is 2.22. The molecule has 0 atom stereocenters. The van der Waals surface area contributed by atoms with Crippen LogP contribution in [0.4, 0.5) is 4.39 Å². The molecule has 0 bridgehead atoms. The van der Waals surface area contributed by atoms with Crippen LogP contribution in [-0.4, -0.2) is 33.3 Å². The quantitative estimate of drug-likeness (QED) is 0.761. The number of hydrogen-bond donors (Lipinski definition) is 0. The van der Waals surface area contributed by atoms with E-state index in [4.69, 9.17) is 10.7 Å². The first-order chi connectivity index (χ1) is 7.23. The van der Waals surface area contributed by atoms with Crippen LogP contribution in [0.3, 0.4) is 0 Å². The van der Waals surface area contributed by atoms with Crippen molar-refractivity contribution >= 4 is 25.6 Å². The Hall–Kier alpha value is -1.14. The second-order valence-electron chi connectivity index (χ2n) is 3.28. The molecule has 0 aliphatic rings. The summed E-state index contributed by atoms with van der Waals surface area (Å²) in [5, 5.41) is 0. The van der Waals surface area contributed by atoms with Crippen LogP contribution >= 0.6 is 10.7 Å². The summed E-state index contributed by atoms with van der Waals surface area (Å²) >= 11 is 0. The monoisotopic (exact) mass is 265 g/mol. The van der Waals surface area contributed by atoms with E-state index in [1.54, 1.807) is 0 Å². The summed E-state index contributed by atoms with van der Waals surface area (Å²) in [5.41, 5.74) is -0.278. The molecule has 0 saturated carbocycles. The highest BCUT2D eigenvalue weighted by Crippen LogP contribution is 2.21. The number of amides is 1. The van der Waals surface area contributed by atoms with Gasteiger partial charge in [0.1, 0.15) is 5.82 Å². The van der Waals surface area contributed by atoms with Crippen molar-refractivity contribution in [2.75, 3.05) is 14.1 Å². The first-order valence-corrected chi connectivity index (χ1v) is 6.50. The number of halogens is 2. The van der Waals surface area contributed by atoms with Gasteiger partial charge in [0.05, 0.1) is 10.5 Å². The van der Waals surface area contributed by atoms with Gasteiger partial charge in [0.2, 0.25) is 0 Å². The van der Waals surface area contributed by atoms with Crippen molar-refractivity contribution in [2.24, 2.45) is 0 Å². The van der Waals surface area contributed by atoms with Crippen LogP contribution in [-0.2, 0) is 9.05 Å². The van der Waals surface area contributed by atoms with Crippen LogP contribution in [0.15, 0.2) is 23.1 Å². The largest absolute Gasteiger partial charge is 0.345 e. The molecule has 0 saturated heterocycles. The van der Waals surface area contributed by atoms with Crippen LogP contribution < -0.4 is 0 Å². The van der Waals surface area contributed by atoms with Crippen LogP contribution in [0.25, 0.3) is 0 Å². The average molecular weight is 266 g/mol. The lowest BCUT2D eigenvalue weighted by molar-refractivity contribution is 0.0823. The number of benzene rings is 1. The smallest absolute Gasteiger partial charge is 0.262 e. The van der Waals surface area contributed by atoms with E-state index in [0.717, 1.165) is 23.1 Å². The molecule has 1 rings (SSSR count). The van der Waals surface area contributed by atoms with Crippen LogP contribution in [0.5, 0.6) is 0 Å². The summed E-state index contributed by atoms with van der Waals surface area (Å²) in [6, 6.07) is 2.74. The summed E-state index contributed by atoms with van der Waals surface area (Å²) in [4.78, 5) is 12.3. The van der Waals surface area contributed by atoms with Crippen molar-refractivity contribution in [3.05, 3.63) is 29.6 Å². The number of rotatable bonds is 2. The highest BCUT2D eigenvalue weighted by atomic mass is 35.7. The zero-order valence-electron chi connectivity index (χ0n) is 8.57. The topological polar surface area (TPSA) is 54.5 Å². The average Bonchev–Trinajstić information content (AvgIpc) is 2.14. The predicted molar refractivity (Wildman–Crippen MR) is 57.5 cm³/mol. The molecule has 0 radical (unpaired) electrons. The second-order valence-corrected chi connectivity index (χ2v) is 5.81. The molecule has 0 heterocycles. The predicted octanol–water partition coefficient (Wildman–Crippen LogP) is 1.46. The fraction of sp³-hybridized carbons (Fsp3) is 0.222. The molecule has 88 valence electrons. The van der Waals surface area contributed by atoms with E-state index in [1.807, 2.05) is 0 Å². The van der Waals surface area contributed by atoms with E-state index in [-0.39, 0.29) is 5.56 Å². The van der Waals surface area contributed by atoms with E-state index in [2.05, 4.69) is 0 Å². The van der Waals surface area contributed by atoms with Gasteiger partial charge in [-0.2, -0.15) is 0 Å². The number of nitrogens with zero attached hydrogens (tertiary/aromatic N) is 1. The van der Waals surface area contributed by atoms with Crippen molar-refractivity contribution in [1.82, 2.24) is 4.90 Å². The third kappa shape index (κ3) is 2.70. The van der Waals surface area contributed by atoms with Crippen molar-refractivity contribution in [3.8, 4) is 0 Å². The maximum Gasteiger partial charge on any atom is 0.262 e. The van der Waals surface area contributed by atoms with Crippen LogP contribution in [0.2, 0.25) is 0 Å². The summed E-state index contributed by atoms with van der Waals surface area (Å²) in [5.74, 6) is -1.33. The minimum absolute atomic E-state index is 0.278. The highest BCUT2D eigenvalue weighted by molar-refractivity contribution is 8.13. The number of carbonyl (C=O) groups excluding carboxylic acids is 1. The SMILES string of the molecule is CN(C)C(=O)c1cc(F)ccc1S(=O)(=O)Cl. The van der Waals surface area contributed by atoms with Crippen molar-refractivity contribution in [3.63, 3.8) is 0 Å². The van der Waals surface area contributed by atoms with E-state index in [1.165, 1.54) is 14.1 Å². The molecule has 1 aromatic carbocycles. The molecule has 7 heteroatoms. The maximum absolute atomic E-state index is 13.0. The Bertz CT molecular complexity index is 528. The first kappa shape index (κ1) is 12.9. The van der Waals surface area contributed by atoms with Crippen molar-refractivity contribution in [1.29, 1.82) is 0 Å². The third-order valence-electron chi connectivity index (χ3n) is 1.84. The van der Waals surface area contributed by atoms with Gasteiger partial charge in [0, 0.05) is 24.8 Å². The summed E-state index contributed by atoms with van der Waals surface area (Å²) in [6.07, 6.45) is 0. The zero-order valence-corrected chi connectivity index (χ0v) is 10.1. The van der Waals surface area contributed by atoms with E-state index >= 15 is 0 Å². The van der Waals surface area contributed by atoms with E-state index < -0.39 is 25.7 Å². The Kier molecular flexibility index (Phi) is 3.54. The standard InChI is InChI=1S/C9H9ClFNO3S/c1-12(2)9(13)7-5-6(11)3-4-8(7)16(10,14)15/h3-5H,1-2H3. The Labute approximate surface area is 97.0 Å². The van der Waals surface area contributed by atoms with Gasteiger partial charge >= 0.3 is 0 Å². The molecule has 0 aliphatic heterocycles. The number of carbonyl (C=O) groups is 1. The van der Waals surface area contributed by atoms with Crippen molar-refractivity contribution < 1.29 is 17.6 Å². The molecule has 0 aliphatic carbocycles. The van der Waals surface area contributed by atoms with E-state index in [9.17, 15) is 17.6 Å². The van der Waals surface area contributed by atoms with Gasteiger partial charge < -0.3 is 4.90 Å². The van der Waals surface area contributed by atoms with Crippen LogP contribution in [0, 0.1) is 5.82 Å². The van der Waals surface area contributed by atoms with E-state index in [0.29, 0.717) is 0 Å². The molecular formula is C9H9ClFNO3S. The molecule has 0 aromatic heterocycles. The Morgan fingerprint density at radius 3 is 2.38 bits per heavy atom. The Balaban J connectivity index is 3.47. The summed E-state index contributed by atoms with van der Waals surface area (Å²) in [7, 11) is 3.93. The van der Waals surface area contributed by atoms with Gasteiger partial charge in [-0.25, -0.2) is 12.8 Å².